The Morgan fingerprint density at radius 2 is 0.971 bits per heavy atom. The van der Waals surface area contributed by atoms with Gasteiger partial charge in [-0.05, 0) is 48.6 Å². The van der Waals surface area contributed by atoms with Crippen molar-refractivity contribution in [1.29, 1.82) is 21.0 Å². The van der Waals surface area contributed by atoms with E-state index >= 15 is 0 Å². The number of nitrogens with zero attached hydrogens (tertiary/aromatic N) is 4. The molecule has 0 aliphatic heterocycles. The van der Waals surface area contributed by atoms with Gasteiger partial charge in [-0.3, -0.25) is 0 Å². The van der Waals surface area contributed by atoms with Gasteiger partial charge in [-0.1, -0.05) is 12.2 Å². The molecule has 34 heavy (non-hydrogen) atoms. The van der Waals surface area contributed by atoms with Crippen LogP contribution in [-0.4, -0.2) is 0 Å². The molecule has 0 radical (unpaired) electrons. The molecule has 0 unspecified atom stereocenters. The number of hydrogen-bond acceptors (Lipinski definition) is 8. The molecule has 0 atom stereocenters. The molecule has 4 nitrogen and oxygen atoms in total. The molecule has 0 N–H and O–H groups in total. The van der Waals surface area contributed by atoms with Gasteiger partial charge in [-0.2, -0.15) is 21.0 Å². The predicted molar refractivity (Wildman–Crippen MR) is 145 cm³/mol. The van der Waals surface area contributed by atoms with Crippen molar-refractivity contribution in [3.05, 3.63) is 69.5 Å². The quantitative estimate of drug-likeness (QED) is 0.180. The number of benzene rings is 1. The average Bonchev–Trinajstić information content (AvgIpc) is 3.57. The molecule has 0 fully saturated rings. The molecule has 5 rings (SSSR count). The summed E-state index contributed by atoms with van der Waals surface area (Å²) < 4.78 is 7.47. The van der Waals surface area contributed by atoms with Crippen molar-refractivity contribution in [2.45, 2.75) is 0 Å². The Bertz CT molecular complexity index is 1730. The molecule has 0 amide bonds. The molecule has 1 aromatic carbocycles. The Kier molecular flexibility index (Phi) is 5.83. The van der Waals surface area contributed by atoms with Gasteiger partial charge in [0.2, 0.25) is 0 Å². The maximum atomic E-state index is 8.84. The van der Waals surface area contributed by atoms with Crippen molar-refractivity contribution in [2.75, 3.05) is 0 Å². The average molecular weight is 507 g/mol. The normalized spacial score (nSPS) is 11.2. The summed E-state index contributed by atoms with van der Waals surface area (Å²) in [4.78, 5) is 2.17. The number of hydrogen-bond donors (Lipinski definition) is 0. The minimum atomic E-state index is 0.0873. The predicted octanol–water partition coefficient (Wildman–Crippen LogP) is 8.52. The Hall–Kier alpha value is -4.02. The van der Waals surface area contributed by atoms with E-state index in [-0.39, 0.29) is 11.1 Å². The summed E-state index contributed by atoms with van der Waals surface area (Å²) >= 11 is 6.96. The Morgan fingerprint density at radius 3 is 1.35 bits per heavy atom. The molecule has 8 heteroatoms. The van der Waals surface area contributed by atoms with Gasteiger partial charge < -0.3 is 0 Å². The standard InChI is InChI=1S/C26H10N4S4/c27-11-15(12-28)3-1-5-17-7-23-25(31-17)19-9-22-20(10-21(19)33-23)26-24(34-22)8-18(32-26)6-2-4-16(13-29)14-30/h1-10H/b5-1+,6-2+. The van der Waals surface area contributed by atoms with Crippen LogP contribution < -0.4 is 0 Å². The van der Waals surface area contributed by atoms with Crippen molar-refractivity contribution in [3.8, 4) is 24.3 Å². The van der Waals surface area contributed by atoms with Crippen LogP contribution in [0.5, 0.6) is 0 Å². The smallest absolute Gasteiger partial charge is 0.129 e. The zero-order valence-electron chi connectivity index (χ0n) is 17.2. The van der Waals surface area contributed by atoms with E-state index in [0.717, 1.165) is 9.75 Å². The zero-order chi connectivity index (χ0) is 23.7. The monoisotopic (exact) mass is 506 g/mol. The summed E-state index contributed by atoms with van der Waals surface area (Å²) in [6, 6.07) is 16.3. The summed E-state index contributed by atoms with van der Waals surface area (Å²) in [5.41, 5.74) is 0.175. The van der Waals surface area contributed by atoms with E-state index in [0.29, 0.717) is 0 Å². The van der Waals surface area contributed by atoms with E-state index in [1.54, 1.807) is 57.5 Å². The van der Waals surface area contributed by atoms with Gasteiger partial charge in [-0.15, -0.1) is 45.3 Å². The fraction of sp³-hybridized carbons (Fsp3) is 0. The van der Waals surface area contributed by atoms with Crippen LogP contribution in [0.15, 0.2) is 59.7 Å². The molecule has 4 aromatic heterocycles. The highest BCUT2D eigenvalue weighted by Gasteiger charge is 2.14. The first-order valence-corrected chi connectivity index (χ1v) is 13.1. The molecule has 5 aromatic rings. The van der Waals surface area contributed by atoms with Crippen LogP contribution >= 0.6 is 45.3 Å². The van der Waals surface area contributed by atoms with E-state index in [9.17, 15) is 0 Å². The third kappa shape index (κ3) is 3.93. The second-order valence-electron chi connectivity index (χ2n) is 7.06. The van der Waals surface area contributed by atoms with E-state index in [4.69, 9.17) is 21.0 Å². The van der Waals surface area contributed by atoms with Crippen molar-refractivity contribution in [3.63, 3.8) is 0 Å². The first-order chi connectivity index (χ1) is 16.6. The summed E-state index contributed by atoms with van der Waals surface area (Å²) in [5, 5.41) is 37.9. The fourth-order valence-electron chi connectivity index (χ4n) is 3.47. The number of allylic oxidation sites excluding steroid dienone is 6. The third-order valence-electron chi connectivity index (χ3n) is 4.97. The highest BCUT2D eigenvalue weighted by atomic mass is 32.1. The number of nitriles is 4. The topological polar surface area (TPSA) is 95.2 Å². The molecule has 0 bridgehead atoms. The van der Waals surface area contributed by atoms with E-state index in [2.05, 4.69) is 24.3 Å². The minimum Gasteiger partial charge on any atom is -0.192 e. The van der Waals surface area contributed by atoms with Crippen molar-refractivity contribution >= 4 is 96.5 Å². The van der Waals surface area contributed by atoms with Gasteiger partial charge in [-0.25, -0.2) is 0 Å². The molecule has 0 aliphatic rings. The maximum Gasteiger partial charge on any atom is 0.129 e. The Balaban J connectivity index is 1.51. The summed E-state index contributed by atoms with van der Waals surface area (Å²) in [5.74, 6) is 0. The summed E-state index contributed by atoms with van der Waals surface area (Å²) in [7, 11) is 0. The van der Waals surface area contributed by atoms with Gasteiger partial charge >= 0.3 is 0 Å². The largest absolute Gasteiger partial charge is 0.192 e. The molecular weight excluding hydrogens is 497 g/mol. The number of thiophene rings is 4. The van der Waals surface area contributed by atoms with Crippen molar-refractivity contribution < 1.29 is 0 Å². The zero-order valence-corrected chi connectivity index (χ0v) is 20.5. The van der Waals surface area contributed by atoms with E-state index < -0.39 is 0 Å². The summed E-state index contributed by atoms with van der Waals surface area (Å²) in [6.45, 7) is 0. The molecular formula is C26H10N4S4. The number of fused-ring (bicyclic) bond motifs is 6. The van der Waals surface area contributed by atoms with Crippen LogP contribution in [0.1, 0.15) is 9.75 Å². The van der Waals surface area contributed by atoms with Crippen LogP contribution in [0, 0.1) is 45.3 Å². The second-order valence-corrected chi connectivity index (χ2v) is 11.4. The lowest BCUT2D eigenvalue weighted by Crippen LogP contribution is -1.67. The first kappa shape index (κ1) is 21.8. The third-order valence-corrected chi connectivity index (χ3v) is 9.70. The number of rotatable bonds is 4. The molecule has 4 heterocycles. The molecule has 0 saturated heterocycles. The Morgan fingerprint density at radius 1 is 0.559 bits per heavy atom. The lowest BCUT2D eigenvalue weighted by molar-refractivity contribution is 1.46. The minimum absolute atomic E-state index is 0.0873. The highest BCUT2D eigenvalue weighted by Crippen LogP contribution is 2.46. The van der Waals surface area contributed by atoms with Crippen LogP contribution in [0.2, 0.25) is 0 Å². The molecule has 0 aliphatic carbocycles. The molecule has 0 saturated carbocycles. The lowest BCUT2D eigenvalue weighted by Gasteiger charge is -1.93. The van der Waals surface area contributed by atoms with E-state index in [1.165, 1.54) is 51.1 Å². The van der Waals surface area contributed by atoms with Crippen LogP contribution in [0.3, 0.4) is 0 Å². The lowest BCUT2D eigenvalue weighted by atomic mass is 10.2. The van der Waals surface area contributed by atoms with Crippen molar-refractivity contribution in [2.24, 2.45) is 0 Å². The summed E-state index contributed by atoms with van der Waals surface area (Å²) in [6.07, 6.45) is 10.4. The van der Waals surface area contributed by atoms with Gasteiger partial charge in [0.25, 0.3) is 0 Å². The second kappa shape index (κ2) is 9.08. The van der Waals surface area contributed by atoms with Gasteiger partial charge in [0.15, 0.2) is 0 Å². The van der Waals surface area contributed by atoms with Crippen molar-refractivity contribution in [1.82, 2.24) is 0 Å². The maximum absolute atomic E-state index is 8.84. The van der Waals surface area contributed by atoms with Gasteiger partial charge in [0, 0.05) is 39.3 Å². The fourth-order valence-corrected chi connectivity index (χ4v) is 8.39. The highest BCUT2D eigenvalue weighted by molar-refractivity contribution is 7.34. The Labute approximate surface area is 210 Å². The van der Waals surface area contributed by atoms with Crippen LogP contribution in [0.4, 0.5) is 0 Å². The van der Waals surface area contributed by atoms with Crippen LogP contribution in [-0.2, 0) is 0 Å². The molecule has 0 spiro atoms. The van der Waals surface area contributed by atoms with Crippen LogP contribution in [0.25, 0.3) is 51.1 Å². The SMILES string of the molecule is N#CC(C#N)=C/C=C/c1cc2sc3cc4c(cc3c2s1)sc1cc(/C=C/C=C(C#N)C#N)sc14. The molecule has 158 valence electrons. The van der Waals surface area contributed by atoms with Gasteiger partial charge in [0.05, 0.1) is 9.40 Å². The first-order valence-electron chi connectivity index (χ1n) is 9.82. The van der Waals surface area contributed by atoms with E-state index in [1.807, 2.05) is 36.4 Å². The van der Waals surface area contributed by atoms with Gasteiger partial charge in [0.1, 0.15) is 35.4 Å².